The first kappa shape index (κ1) is 24.0. The molecule has 2 N–H and O–H groups in total. The van der Waals surface area contributed by atoms with Crippen molar-refractivity contribution in [2.24, 2.45) is 0 Å². The van der Waals surface area contributed by atoms with E-state index < -0.39 is 5.97 Å². The molecule has 1 aliphatic heterocycles. The van der Waals surface area contributed by atoms with Crippen LogP contribution in [0, 0.1) is 0 Å². The minimum atomic E-state index is -0.987. The highest BCUT2D eigenvalue weighted by atomic mass is 32.1. The van der Waals surface area contributed by atoms with Gasteiger partial charge in [0.25, 0.3) is 0 Å². The van der Waals surface area contributed by atoms with E-state index in [1.165, 1.54) is 22.2 Å². The number of piperazine rings is 1. The molecule has 12 nitrogen and oxygen atoms in total. The Balaban J connectivity index is 1.33. The van der Waals surface area contributed by atoms with E-state index in [4.69, 9.17) is 15.1 Å². The lowest BCUT2D eigenvalue weighted by Gasteiger charge is -2.36. The van der Waals surface area contributed by atoms with Crippen molar-refractivity contribution >= 4 is 51.0 Å². The van der Waals surface area contributed by atoms with E-state index in [0.717, 1.165) is 40.4 Å². The van der Waals surface area contributed by atoms with Crippen LogP contribution >= 0.6 is 11.3 Å². The maximum atomic E-state index is 11.6. The largest absolute Gasteiger partial charge is 0.508 e. The quantitative estimate of drug-likeness (QED) is 0.316. The molecule has 1 saturated heterocycles. The SMILES string of the molecule is O=C(O)Cn1cnc2c(-n3nc(-c4nccs4)c4ccccc43)nc(N3CCN(c4ccc(O)cc4)CC3)nc21. The Kier molecular flexibility index (Phi) is 5.77. The smallest absolute Gasteiger partial charge is 0.323 e. The van der Waals surface area contributed by atoms with Gasteiger partial charge in [0.2, 0.25) is 5.95 Å². The molecule has 0 saturated carbocycles. The van der Waals surface area contributed by atoms with Crippen molar-refractivity contribution in [3.63, 3.8) is 0 Å². The summed E-state index contributed by atoms with van der Waals surface area (Å²) >= 11 is 1.51. The van der Waals surface area contributed by atoms with Crippen molar-refractivity contribution in [3.05, 3.63) is 66.4 Å². The van der Waals surface area contributed by atoms with Gasteiger partial charge in [-0.1, -0.05) is 18.2 Å². The van der Waals surface area contributed by atoms with E-state index in [-0.39, 0.29) is 12.3 Å². The summed E-state index contributed by atoms with van der Waals surface area (Å²) in [5.74, 6) is 0.206. The molecule has 0 spiro atoms. The highest BCUT2D eigenvalue weighted by molar-refractivity contribution is 7.13. The molecule has 7 rings (SSSR count). The Morgan fingerprint density at radius 3 is 2.48 bits per heavy atom. The zero-order chi connectivity index (χ0) is 27.2. The third-order valence-corrected chi connectivity index (χ3v) is 7.72. The van der Waals surface area contributed by atoms with Gasteiger partial charge in [-0.25, -0.2) is 14.6 Å². The summed E-state index contributed by atoms with van der Waals surface area (Å²) in [5.41, 5.74) is 3.51. The van der Waals surface area contributed by atoms with Gasteiger partial charge in [0.1, 0.15) is 23.0 Å². The molecule has 200 valence electrons. The van der Waals surface area contributed by atoms with Crippen molar-refractivity contribution in [1.82, 2.24) is 34.3 Å². The molecule has 40 heavy (non-hydrogen) atoms. The second kappa shape index (κ2) is 9.61. The van der Waals surface area contributed by atoms with Gasteiger partial charge in [-0.3, -0.25) is 4.79 Å². The van der Waals surface area contributed by atoms with E-state index in [1.807, 2.05) is 41.8 Å². The van der Waals surface area contributed by atoms with Crippen LogP contribution in [0.5, 0.6) is 5.75 Å². The number of phenols is 1. The van der Waals surface area contributed by atoms with Crippen molar-refractivity contribution in [3.8, 4) is 22.3 Å². The number of thiazole rings is 1. The van der Waals surface area contributed by atoms with Crippen molar-refractivity contribution < 1.29 is 15.0 Å². The number of aliphatic carboxylic acids is 1. The van der Waals surface area contributed by atoms with E-state index in [0.29, 0.717) is 36.0 Å². The Morgan fingerprint density at radius 2 is 1.73 bits per heavy atom. The predicted molar refractivity (Wildman–Crippen MR) is 151 cm³/mol. The zero-order valence-corrected chi connectivity index (χ0v) is 21.9. The number of rotatable bonds is 6. The molecule has 0 bridgehead atoms. The van der Waals surface area contributed by atoms with E-state index in [2.05, 4.69) is 19.8 Å². The molecule has 0 unspecified atom stereocenters. The Labute approximate surface area is 231 Å². The number of anilines is 2. The van der Waals surface area contributed by atoms with Crippen LogP contribution in [0.2, 0.25) is 0 Å². The van der Waals surface area contributed by atoms with Crippen LogP contribution in [-0.4, -0.2) is 76.6 Å². The number of nitrogens with zero attached hydrogens (tertiary/aromatic N) is 9. The first-order valence-corrected chi connectivity index (χ1v) is 13.5. The maximum absolute atomic E-state index is 11.6. The number of benzene rings is 2. The zero-order valence-electron chi connectivity index (χ0n) is 21.1. The second-order valence-corrected chi connectivity index (χ2v) is 10.3. The summed E-state index contributed by atoms with van der Waals surface area (Å²) in [6.07, 6.45) is 3.23. The average molecular weight is 554 g/mol. The number of hydrogen-bond acceptors (Lipinski definition) is 10. The van der Waals surface area contributed by atoms with Gasteiger partial charge in [-0.15, -0.1) is 11.3 Å². The van der Waals surface area contributed by atoms with Gasteiger partial charge in [0.05, 0.1) is 11.8 Å². The van der Waals surface area contributed by atoms with Crippen LogP contribution in [0.3, 0.4) is 0 Å². The molecule has 5 heterocycles. The topological polar surface area (TPSA) is 138 Å². The molecule has 4 aromatic heterocycles. The van der Waals surface area contributed by atoms with Crippen LogP contribution in [0.15, 0.2) is 66.4 Å². The van der Waals surface area contributed by atoms with Crippen molar-refractivity contribution in [1.29, 1.82) is 0 Å². The van der Waals surface area contributed by atoms with E-state index >= 15 is 0 Å². The summed E-state index contributed by atoms with van der Waals surface area (Å²) < 4.78 is 3.27. The Bertz CT molecular complexity index is 1840. The van der Waals surface area contributed by atoms with Gasteiger partial charge in [0.15, 0.2) is 17.0 Å². The van der Waals surface area contributed by atoms with Gasteiger partial charge in [-0.05, 0) is 30.3 Å². The number of para-hydroxylation sites is 1. The summed E-state index contributed by atoms with van der Waals surface area (Å²) in [6.45, 7) is 2.50. The number of carbonyl (C=O) groups is 1. The number of carboxylic acid groups (broad SMARTS) is 1. The molecule has 1 fully saturated rings. The maximum Gasteiger partial charge on any atom is 0.323 e. The Morgan fingerprint density at radius 1 is 0.950 bits per heavy atom. The highest BCUT2D eigenvalue weighted by Gasteiger charge is 2.25. The number of aromatic hydroxyl groups is 1. The fourth-order valence-electron chi connectivity index (χ4n) is 5.02. The van der Waals surface area contributed by atoms with Crippen molar-refractivity contribution in [2.75, 3.05) is 36.0 Å². The molecular weight excluding hydrogens is 530 g/mol. The van der Waals surface area contributed by atoms with Crippen LogP contribution in [0.4, 0.5) is 11.6 Å². The lowest BCUT2D eigenvalue weighted by molar-refractivity contribution is -0.137. The molecule has 0 radical (unpaired) electrons. The number of carboxylic acids is 1. The van der Waals surface area contributed by atoms with Crippen LogP contribution < -0.4 is 9.80 Å². The minimum absolute atomic E-state index is 0.235. The number of hydrogen-bond donors (Lipinski definition) is 2. The number of phenolic OH excluding ortho intramolecular Hbond substituents is 1. The number of aromatic nitrogens is 7. The van der Waals surface area contributed by atoms with Gasteiger partial charge in [0, 0.05) is 48.8 Å². The lowest BCUT2D eigenvalue weighted by atomic mass is 10.2. The number of imidazole rings is 1. The molecule has 13 heteroatoms. The normalized spacial score (nSPS) is 13.9. The summed E-state index contributed by atoms with van der Waals surface area (Å²) in [6, 6.07) is 15.0. The van der Waals surface area contributed by atoms with Crippen LogP contribution in [-0.2, 0) is 11.3 Å². The average Bonchev–Trinajstić information content (AvgIpc) is 3.72. The summed E-state index contributed by atoms with van der Waals surface area (Å²) in [4.78, 5) is 34.7. The fourth-order valence-corrected chi connectivity index (χ4v) is 5.66. The molecule has 0 aliphatic carbocycles. The third kappa shape index (κ3) is 4.16. The molecule has 0 atom stereocenters. The van der Waals surface area contributed by atoms with Crippen LogP contribution in [0.25, 0.3) is 38.6 Å². The van der Waals surface area contributed by atoms with E-state index in [9.17, 15) is 15.0 Å². The second-order valence-electron chi connectivity index (χ2n) is 9.39. The van der Waals surface area contributed by atoms with E-state index in [1.54, 1.807) is 23.0 Å². The lowest BCUT2D eigenvalue weighted by Crippen LogP contribution is -2.47. The monoisotopic (exact) mass is 553 g/mol. The standard InChI is InChI=1S/C27H23N9O3S/c37-18-7-5-17(6-8-18)33-10-12-34(13-11-33)27-30-24-23(29-16-35(24)15-21(38)39)25(31-27)36-20-4-2-1-3-19(20)22(32-36)26-28-9-14-40-26/h1-9,14,16,37H,10-13,15H2,(H,38,39). The first-order chi connectivity index (χ1) is 19.5. The van der Waals surface area contributed by atoms with Crippen LogP contribution in [0.1, 0.15) is 0 Å². The highest BCUT2D eigenvalue weighted by Crippen LogP contribution is 2.33. The molecule has 6 aromatic rings. The van der Waals surface area contributed by atoms with Crippen molar-refractivity contribution in [2.45, 2.75) is 6.54 Å². The molecular formula is C27H23N9O3S. The van der Waals surface area contributed by atoms with Gasteiger partial charge in [-0.2, -0.15) is 15.1 Å². The third-order valence-electron chi connectivity index (χ3n) is 6.94. The summed E-state index contributed by atoms with van der Waals surface area (Å²) in [5, 5.41) is 27.7. The Hall–Kier alpha value is -5.04. The van der Waals surface area contributed by atoms with Gasteiger partial charge >= 0.3 is 5.97 Å². The molecule has 2 aromatic carbocycles. The number of fused-ring (bicyclic) bond motifs is 2. The first-order valence-electron chi connectivity index (χ1n) is 12.7. The fraction of sp³-hybridized carbons (Fsp3) is 0.185. The van der Waals surface area contributed by atoms with Gasteiger partial charge < -0.3 is 24.6 Å². The molecule has 0 amide bonds. The minimum Gasteiger partial charge on any atom is -0.508 e. The summed E-state index contributed by atoms with van der Waals surface area (Å²) in [7, 11) is 0. The predicted octanol–water partition coefficient (Wildman–Crippen LogP) is 3.41. The molecule has 1 aliphatic rings.